The van der Waals surface area contributed by atoms with Gasteiger partial charge in [-0.05, 0) is 0 Å². The number of ether oxygens (including phenoxy) is 19. The molecule has 10 aliphatic rings. The van der Waals surface area contributed by atoms with E-state index in [1.54, 1.807) is 0 Å². The van der Waals surface area contributed by atoms with Gasteiger partial charge < -0.3 is 255 Å². The van der Waals surface area contributed by atoms with Crippen LogP contribution >= 0.6 is 0 Å². The average Bonchev–Trinajstić information content (AvgIpc) is 0.765. The van der Waals surface area contributed by atoms with Crippen molar-refractivity contribution in [1.29, 1.82) is 0 Å². The predicted octanol–water partition coefficient (Wildman–Crippen LogP) is -21.9. The van der Waals surface area contributed by atoms with Crippen molar-refractivity contribution in [2.24, 2.45) is 0 Å². The molecule has 10 aliphatic heterocycles. The number of amides is 6. The van der Waals surface area contributed by atoms with Crippen LogP contribution in [0.15, 0.2) is 0 Å². The smallest absolute Gasteiger partial charge is 0.217 e. The molecule has 1 unspecified atom stereocenters. The lowest BCUT2D eigenvalue weighted by atomic mass is 9.93. The summed E-state index contributed by atoms with van der Waals surface area (Å²) >= 11 is 0. The van der Waals surface area contributed by atoms with Crippen molar-refractivity contribution in [3.63, 3.8) is 0 Å². The molecule has 32 N–H and O–H groups in total. The number of aliphatic hydroxyl groups excluding tert-OH is 26. The Kier molecular flexibility index (Phi) is 38.4. The minimum Gasteiger partial charge on any atom is -0.394 e. The van der Waals surface area contributed by atoms with Crippen molar-refractivity contribution in [2.45, 2.75) is 348 Å². The Morgan fingerprint density at radius 1 is 0.202 bits per heavy atom. The van der Waals surface area contributed by atoms with Crippen LogP contribution in [0.2, 0.25) is 0 Å². The van der Waals surface area contributed by atoms with E-state index in [1.807, 2.05) is 0 Å². The fourth-order valence-corrected chi connectivity index (χ4v) is 16.6. The van der Waals surface area contributed by atoms with E-state index in [0.717, 1.165) is 41.5 Å². The second-order valence-electron chi connectivity index (χ2n) is 32.5. The van der Waals surface area contributed by atoms with Gasteiger partial charge in [-0.25, -0.2) is 0 Å². The Morgan fingerprint density at radius 3 is 0.829 bits per heavy atom. The topological polar surface area (TPSA) is 876 Å². The van der Waals surface area contributed by atoms with Gasteiger partial charge in [-0.15, -0.1) is 0 Å². The molecule has 0 aromatic rings. The van der Waals surface area contributed by atoms with Crippen LogP contribution < -0.4 is 31.9 Å². The summed E-state index contributed by atoms with van der Waals surface area (Å²) < 4.78 is 115. The number of carbonyl (C=O) groups excluding carboxylic acids is 6. The largest absolute Gasteiger partial charge is 0.394 e. The summed E-state index contributed by atoms with van der Waals surface area (Å²) in [4.78, 5) is 76.7. The highest BCUT2D eigenvalue weighted by Crippen LogP contribution is 2.41. The van der Waals surface area contributed by atoms with Gasteiger partial charge in [0, 0.05) is 41.5 Å². The second-order valence-corrected chi connectivity index (χ2v) is 32.5. The third-order valence-electron chi connectivity index (χ3n) is 23.3. The molecular formula is C72H120N6O51. The predicted molar refractivity (Wildman–Crippen MR) is 399 cm³/mol. The van der Waals surface area contributed by atoms with Crippen molar-refractivity contribution in [3.8, 4) is 0 Å². The molecule has 6 amide bonds. The van der Waals surface area contributed by atoms with E-state index < -0.39 is 408 Å². The zero-order chi connectivity index (χ0) is 95.1. The number of hydrogen-bond acceptors (Lipinski definition) is 51. The summed E-state index contributed by atoms with van der Waals surface area (Å²) in [5.74, 6) is -5.51. The zero-order valence-corrected chi connectivity index (χ0v) is 69.8. The number of hydrogen-bond donors (Lipinski definition) is 32. The van der Waals surface area contributed by atoms with Gasteiger partial charge in [0.15, 0.2) is 62.9 Å². The first kappa shape index (κ1) is 106. The van der Waals surface area contributed by atoms with E-state index in [-0.39, 0.29) is 0 Å². The lowest BCUT2D eigenvalue weighted by molar-refractivity contribution is -0.404. The minimum atomic E-state index is -2.71. The van der Waals surface area contributed by atoms with Crippen LogP contribution in [0.4, 0.5) is 0 Å². The number of nitrogens with one attached hydrogen (secondary N) is 6. The first-order chi connectivity index (χ1) is 61.0. The zero-order valence-electron chi connectivity index (χ0n) is 69.8. The maximum atomic E-state index is 13.2. The van der Waals surface area contributed by atoms with Crippen LogP contribution in [0.25, 0.3) is 0 Å². The van der Waals surface area contributed by atoms with Gasteiger partial charge >= 0.3 is 0 Å². The van der Waals surface area contributed by atoms with E-state index in [0.29, 0.717) is 0 Å². The summed E-state index contributed by atoms with van der Waals surface area (Å²) in [7, 11) is 0. The number of rotatable bonds is 34. The fourth-order valence-electron chi connectivity index (χ4n) is 16.6. The normalized spacial score (nSPS) is 47.5. The van der Waals surface area contributed by atoms with Gasteiger partial charge in [0.1, 0.15) is 244 Å². The van der Waals surface area contributed by atoms with E-state index in [9.17, 15) is 162 Å². The monoisotopic (exact) mass is 1880 g/mol. The summed E-state index contributed by atoms with van der Waals surface area (Å²) in [6.07, 6.45) is -94.4. The van der Waals surface area contributed by atoms with Crippen LogP contribution in [0, 0.1) is 0 Å². The van der Waals surface area contributed by atoms with Crippen molar-refractivity contribution < 1.29 is 252 Å². The Balaban J connectivity index is 1.06. The molecule has 0 aliphatic carbocycles. The fraction of sp³-hybridized carbons (Fsp3) is 0.917. The maximum Gasteiger partial charge on any atom is 0.217 e. The Bertz CT molecular complexity index is 3570. The van der Waals surface area contributed by atoms with Crippen LogP contribution in [-0.2, 0) is 119 Å². The number of aliphatic hydroxyl groups is 26. The van der Waals surface area contributed by atoms with Gasteiger partial charge in [0.05, 0.1) is 66.1 Å². The molecule has 57 nitrogen and oxygen atoms in total. The molecule has 129 heavy (non-hydrogen) atoms. The third kappa shape index (κ3) is 24.2. The Hall–Kier alpha value is -4.98. The van der Waals surface area contributed by atoms with Crippen molar-refractivity contribution in [3.05, 3.63) is 0 Å². The van der Waals surface area contributed by atoms with Gasteiger partial charge in [0.2, 0.25) is 35.4 Å². The lowest BCUT2D eigenvalue weighted by Gasteiger charge is -2.52. The molecule has 0 bridgehead atoms. The summed E-state index contributed by atoms with van der Waals surface area (Å²) in [6, 6.07) is -11.2. The summed E-state index contributed by atoms with van der Waals surface area (Å²) in [6.45, 7) is -5.64. The van der Waals surface area contributed by atoms with Crippen LogP contribution in [0.1, 0.15) is 41.5 Å². The number of carbonyl (C=O) groups is 6. The van der Waals surface area contributed by atoms with E-state index in [1.165, 1.54) is 0 Å². The molecule has 10 saturated heterocycles. The van der Waals surface area contributed by atoms with Gasteiger partial charge in [-0.2, -0.15) is 0 Å². The maximum absolute atomic E-state index is 13.2. The molecule has 0 radical (unpaired) electrons. The molecule has 57 heteroatoms. The van der Waals surface area contributed by atoms with E-state index >= 15 is 0 Å². The average molecular weight is 1890 g/mol. The van der Waals surface area contributed by atoms with Gasteiger partial charge in [-0.3, -0.25) is 28.8 Å². The lowest BCUT2D eigenvalue weighted by Crippen LogP contribution is -2.71. The SMILES string of the molecule is CC(=O)N[C@H]1[C@H](O[C@H]2[C@H](O)[C@@H](NC(C)=O)C(O)O[C@@H]2CO)O[C@H](CO)[C@@H](O[C@@H]2O[C@H](CO[C@H]3O[C@H](CO[C@@H]4O[C@H](CO)[C@@H](O)[C@H](O)[C@H]4NC(C)=O)[C@@H](O)[C@H](O)[C@@H]3O[C@@H]3O[C@H](CO)[C@@H](O)[C@H](O)[C@H]3NC(C)=O)[C@@H](O)[C@H](O[C@H]3O[C@H](CO)[C@@H](O[C@@H]4O[C@H](CO)[C@@H](O[C@@H]5O[C@H](CO)[C@H](O)[C@H](O)[C@H]5O)[C@H](O)[C@H]4NC(C)=O)[C@H](O)[C@@H]3O[C@@H]3O[C@H](CO)[C@@H](O)[C@H](O)[C@H]3NC(C)=O)[C@@H]2O)[C@@H]1O. The quantitative estimate of drug-likeness (QED) is 0.0284. The molecule has 10 heterocycles. The summed E-state index contributed by atoms with van der Waals surface area (Å²) in [5.41, 5.74) is 0. The van der Waals surface area contributed by atoms with Crippen LogP contribution in [0.3, 0.4) is 0 Å². The first-order valence-corrected chi connectivity index (χ1v) is 41.1. The standard InChI is InChI=1S/C72H120N6O51/c1-17(87)73-33-48(102)56(27(11-83)113-63(33)110)123-67-37(77-21(5)91)50(104)58(29(13-85)118-67)126-70-55(109)60(44(98)32(121-70)16-112-71-61(128-65-35(75-19(3)89)46(100)40(94)24(8-80)115-65)52(106)43(97)31(122-71)15-111-64-34(74-18(2)88)45(99)39(93)23(7-79)114-64)127-72-62(129-66-36(76-20(4)90)47(101)41(95)25(9-81)116-66)54(108)59(30(14-86)120-72)124-68-38(78-22(6)92)49(103)57(28(12-84)119-68)125-69-53(107)51(105)42(96)26(10-82)117-69/h23-72,79-86,93-110H,7-16H2,1-6H3,(H,73,87)(H,74,88)(H,75,89)(H,76,90)(H,77,91)(H,78,92)/t23-,24-,25-,26-,27-,28-,29-,30-,31-,32-,33-,34-,35-,36-,37-,38-,39-,40-,41-,42+,43-,44-,45-,46-,47-,48-,49-,50-,51+,52+,53-,54+,55+,56-,57-,58-,59-,60+,61+,62+,63?,64-,65+,66+,67+,68+,69+,70+,71+,72-/m1/s1. The molecule has 0 spiro atoms. The molecule has 0 aromatic carbocycles. The minimum absolute atomic E-state index is 0.818. The molecule has 50 atom stereocenters. The van der Waals surface area contributed by atoms with E-state index in [4.69, 9.17) is 90.0 Å². The summed E-state index contributed by atoms with van der Waals surface area (Å²) in [5, 5.41) is 308. The Morgan fingerprint density at radius 2 is 0.442 bits per heavy atom. The molecule has 0 saturated carbocycles. The van der Waals surface area contributed by atoms with Crippen LogP contribution in [0.5, 0.6) is 0 Å². The van der Waals surface area contributed by atoms with Crippen LogP contribution in [-0.4, -0.2) is 541 Å². The third-order valence-corrected chi connectivity index (χ3v) is 23.3. The molecule has 10 rings (SSSR count). The highest BCUT2D eigenvalue weighted by Gasteiger charge is 2.62. The molecule has 10 fully saturated rings. The van der Waals surface area contributed by atoms with Crippen molar-refractivity contribution in [1.82, 2.24) is 31.9 Å². The highest BCUT2D eigenvalue weighted by molar-refractivity contribution is 5.75. The van der Waals surface area contributed by atoms with Crippen molar-refractivity contribution in [2.75, 3.05) is 66.1 Å². The Labute approximate surface area is 731 Å². The van der Waals surface area contributed by atoms with E-state index in [2.05, 4.69) is 31.9 Å². The molecule has 0 aromatic heterocycles. The van der Waals surface area contributed by atoms with Gasteiger partial charge in [0.25, 0.3) is 0 Å². The highest BCUT2D eigenvalue weighted by atomic mass is 16.8. The molecule has 744 valence electrons. The van der Waals surface area contributed by atoms with Crippen molar-refractivity contribution >= 4 is 35.4 Å². The first-order valence-electron chi connectivity index (χ1n) is 41.1. The molecular weight excluding hydrogens is 1760 g/mol. The van der Waals surface area contributed by atoms with Gasteiger partial charge in [-0.1, -0.05) is 0 Å². The second kappa shape index (κ2) is 46.7.